The maximum atomic E-state index is 3.54. The Kier molecular flexibility index (Phi) is 4.87. The van der Waals surface area contributed by atoms with Crippen molar-refractivity contribution in [3.8, 4) is 0 Å². The van der Waals surface area contributed by atoms with Gasteiger partial charge in [-0.25, -0.2) is 0 Å². The number of hydrogen-bond acceptors (Lipinski definition) is 1. The lowest BCUT2D eigenvalue weighted by Crippen LogP contribution is -2.15. The summed E-state index contributed by atoms with van der Waals surface area (Å²) >= 11 is 0. The molecule has 1 heteroatoms. The molecular formula is C18H25N. The van der Waals surface area contributed by atoms with Crippen molar-refractivity contribution in [3.05, 3.63) is 53.0 Å². The lowest BCUT2D eigenvalue weighted by atomic mass is 9.85. The van der Waals surface area contributed by atoms with Crippen LogP contribution in [0.5, 0.6) is 0 Å². The fourth-order valence-corrected chi connectivity index (χ4v) is 2.88. The van der Waals surface area contributed by atoms with Crippen LogP contribution in [0, 0.1) is 11.8 Å². The number of fused-ring (bicyclic) bond motifs is 1. The number of nitrogens with one attached hydrogen (secondary N) is 1. The molecular weight excluding hydrogens is 230 g/mol. The highest BCUT2D eigenvalue weighted by Gasteiger charge is 2.17. The van der Waals surface area contributed by atoms with Crippen LogP contribution >= 0.6 is 0 Å². The summed E-state index contributed by atoms with van der Waals surface area (Å²) in [5, 5.41) is 3.54. The first-order chi connectivity index (χ1) is 9.20. The topological polar surface area (TPSA) is 12.0 Å². The zero-order valence-corrected chi connectivity index (χ0v) is 12.4. The standard InChI is InChI=1S/C18H25N/c1-4-15(12-14(2)3)16-10-11-19-18-9-7-5-6-8-17(18)13-16/h6-9,13-15,19H,4,10-12H2,1-3H3. The third-order valence-electron chi connectivity index (χ3n) is 3.86. The van der Waals surface area contributed by atoms with Crippen LogP contribution in [0.2, 0.25) is 0 Å². The quantitative estimate of drug-likeness (QED) is 0.729. The summed E-state index contributed by atoms with van der Waals surface area (Å²) in [4.78, 5) is 0. The second kappa shape index (κ2) is 6.63. The van der Waals surface area contributed by atoms with Gasteiger partial charge in [0.2, 0.25) is 0 Å². The van der Waals surface area contributed by atoms with Gasteiger partial charge in [-0.15, -0.1) is 5.73 Å². The van der Waals surface area contributed by atoms with Gasteiger partial charge in [0, 0.05) is 12.2 Å². The molecule has 0 aromatic heterocycles. The smallest absolute Gasteiger partial charge is 0.0420 e. The average Bonchev–Trinajstić information content (AvgIpc) is 2.70. The minimum atomic E-state index is 0.724. The molecule has 1 aliphatic heterocycles. The highest BCUT2D eigenvalue weighted by atomic mass is 14.9. The highest BCUT2D eigenvalue weighted by molar-refractivity contribution is 5.47. The number of hydrogen-bond donors (Lipinski definition) is 1. The van der Waals surface area contributed by atoms with Gasteiger partial charge in [-0.1, -0.05) is 32.4 Å². The second-order valence-corrected chi connectivity index (χ2v) is 5.83. The van der Waals surface area contributed by atoms with Gasteiger partial charge in [-0.2, -0.15) is 0 Å². The van der Waals surface area contributed by atoms with E-state index in [-0.39, 0.29) is 0 Å². The van der Waals surface area contributed by atoms with Gasteiger partial charge >= 0.3 is 0 Å². The molecule has 102 valence electrons. The van der Waals surface area contributed by atoms with Crippen molar-refractivity contribution >= 4 is 0 Å². The molecule has 0 aromatic carbocycles. The zero-order chi connectivity index (χ0) is 13.7. The van der Waals surface area contributed by atoms with E-state index < -0.39 is 0 Å². The molecule has 1 heterocycles. The SMILES string of the molecule is CCC(CC(C)C)C1=CC2=CC=C=CC=C2NCC1. The number of allylic oxidation sites excluding steroid dienone is 4. The molecule has 19 heavy (non-hydrogen) atoms. The summed E-state index contributed by atoms with van der Waals surface area (Å²) in [6.07, 6.45) is 14.4. The number of rotatable bonds is 4. The molecule has 0 bridgehead atoms. The van der Waals surface area contributed by atoms with Gasteiger partial charge in [-0.3, -0.25) is 0 Å². The predicted molar refractivity (Wildman–Crippen MR) is 82.8 cm³/mol. The second-order valence-electron chi connectivity index (χ2n) is 5.83. The Morgan fingerprint density at radius 1 is 1.26 bits per heavy atom. The van der Waals surface area contributed by atoms with Crippen molar-refractivity contribution < 1.29 is 0 Å². The van der Waals surface area contributed by atoms with Crippen LogP contribution in [0.4, 0.5) is 0 Å². The zero-order valence-electron chi connectivity index (χ0n) is 12.4. The Hall–Kier alpha value is -1.46. The Morgan fingerprint density at radius 3 is 2.79 bits per heavy atom. The van der Waals surface area contributed by atoms with E-state index in [0.717, 1.165) is 24.8 Å². The van der Waals surface area contributed by atoms with Crippen molar-refractivity contribution in [1.82, 2.24) is 5.32 Å². The van der Waals surface area contributed by atoms with Crippen molar-refractivity contribution in [2.45, 2.75) is 40.0 Å². The van der Waals surface area contributed by atoms with Crippen LogP contribution < -0.4 is 5.32 Å². The van der Waals surface area contributed by atoms with Crippen LogP contribution in [-0.4, -0.2) is 6.54 Å². The first-order valence-electron chi connectivity index (χ1n) is 7.48. The molecule has 1 unspecified atom stereocenters. The first-order valence-corrected chi connectivity index (χ1v) is 7.48. The lowest BCUT2D eigenvalue weighted by molar-refractivity contribution is 0.437. The molecule has 0 aromatic rings. The molecule has 0 fully saturated rings. The van der Waals surface area contributed by atoms with Crippen LogP contribution in [0.1, 0.15) is 40.0 Å². The van der Waals surface area contributed by atoms with Gasteiger partial charge < -0.3 is 5.32 Å². The normalized spacial score (nSPS) is 19.7. The Balaban J connectivity index is 2.25. The fraction of sp³-hybridized carbons (Fsp3) is 0.500. The van der Waals surface area contributed by atoms with Crippen molar-refractivity contribution in [3.63, 3.8) is 0 Å². The van der Waals surface area contributed by atoms with Crippen LogP contribution in [0.3, 0.4) is 0 Å². The molecule has 0 radical (unpaired) electrons. The first kappa shape index (κ1) is 14.0. The fourth-order valence-electron chi connectivity index (χ4n) is 2.88. The van der Waals surface area contributed by atoms with Gasteiger partial charge in [-0.05, 0) is 61.0 Å². The van der Waals surface area contributed by atoms with E-state index in [4.69, 9.17) is 0 Å². The minimum absolute atomic E-state index is 0.724. The average molecular weight is 255 g/mol. The third-order valence-corrected chi connectivity index (χ3v) is 3.86. The van der Waals surface area contributed by atoms with Crippen molar-refractivity contribution in [1.29, 1.82) is 0 Å². The van der Waals surface area contributed by atoms with E-state index in [0.29, 0.717) is 0 Å². The Labute approximate surface area is 117 Å². The molecule has 1 nitrogen and oxygen atoms in total. The molecule has 1 aliphatic carbocycles. The van der Waals surface area contributed by atoms with Gasteiger partial charge in [0.1, 0.15) is 0 Å². The molecule has 1 atom stereocenters. The summed E-state index contributed by atoms with van der Waals surface area (Å²) in [5.41, 5.74) is 7.28. The summed E-state index contributed by atoms with van der Waals surface area (Å²) in [6, 6.07) is 0. The Morgan fingerprint density at radius 2 is 2.05 bits per heavy atom. The molecule has 2 rings (SSSR count). The van der Waals surface area contributed by atoms with E-state index in [1.807, 2.05) is 12.2 Å². The van der Waals surface area contributed by atoms with E-state index >= 15 is 0 Å². The van der Waals surface area contributed by atoms with E-state index in [9.17, 15) is 0 Å². The summed E-state index contributed by atoms with van der Waals surface area (Å²) in [7, 11) is 0. The Bertz CT molecular complexity index is 468. The van der Waals surface area contributed by atoms with Crippen molar-refractivity contribution in [2.24, 2.45) is 11.8 Å². The largest absolute Gasteiger partial charge is 0.384 e. The molecule has 0 amide bonds. The maximum Gasteiger partial charge on any atom is 0.0420 e. The van der Waals surface area contributed by atoms with Crippen LogP contribution in [0.15, 0.2) is 53.0 Å². The van der Waals surface area contributed by atoms with Gasteiger partial charge in [0.15, 0.2) is 0 Å². The maximum absolute atomic E-state index is 3.54. The monoisotopic (exact) mass is 255 g/mol. The van der Waals surface area contributed by atoms with Gasteiger partial charge in [0.05, 0.1) is 0 Å². The van der Waals surface area contributed by atoms with E-state index in [1.54, 1.807) is 5.57 Å². The molecule has 0 spiro atoms. The molecule has 0 saturated carbocycles. The molecule has 0 saturated heterocycles. The molecule has 2 aliphatic rings. The molecule has 1 N–H and O–H groups in total. The van der Waals surface area contributed by atoms with Gasteiger partial charge in [0.25, 0.3) is 0 Å². The van der Waals surface area contributed by atoms with Crippen LogP contribution in [-0.2, 0) is 0 Å². The summed E-state index contributed by atoms with van der Waals surface area (Å²) in [5.74, 6) is 1.49. The van der Waals surface area contributed by atoms with E-state index in [1.165, 1.54) is 24.1 Å². The van der Waals surface area contributed by atoms with E-state index in [2.05, 4.69) is 50.0 Å². The lowest BCUT2D eigenvalue weighted by Gasteiger charge is -2.20. The summed E-state index contributed by atoms with van der Waals surface area (Å²) in [6.45, 7) is 7.99. The minimum Gasteiger partial charge on any atom is -0.384 e. The summed E-state index contributed by atoms with van der Waals surface area (Å²) < 4.78 is 0. The van der Waals surface area contributed by atoms with Crippen LogP contribution in [0.25, 0.3) is 0 Å². The third kappa shape index (κ3) is 3.75. The van der Waals surface area contributed by atoms with Crippen molar-refractivity contribution in [2.75, 3.05) is 6.54 Å². The highest BCUT2D eigenvalue weighted by Crippen LogP contribution is 2.29. The predicted octanol–water partition coefficient (Wildman–Crippen LogP) is 4.51.